The van der Waals surface area contributed by atoms with Crippen LogP contribution in [0.25, 0.3) is 0 Å². The van der Waals surface area contributed by atoms with Crippen molar-refractivity contribution in [1.82, 2.24) is 4.90 Å². The summed E-state index contributed by atoms with van der Waals surface area (Å²) in [5.41, 5.74) is 0.570. The third-order valence-corrected chi connectivity index (χ3v) is 4.23. The van der Waals surface area contributed by atoms with Crippen LogP contribution in [0.2, 0.25) is 5.02 Å². The molecule has 0 aliphatic carbocycles. The predicted molar refractivity (Wildman–Crippen MR) is 90.6 cm³/mol. The predicted octanol–water partition coefficient (Wildman–Crippen LogP) is 4.11. The second kappa shape index (κ2) is 7.23. The standard InChI is InChI=1S/C17H15ClF3N3O/c18-11-2-1-3-12(10-11)22-17(25)24-8-6-23(7-9-24)14-5-4-13(19)15(20)16(14)21/h1-5,10H,6-9H2,(H,22,25). The van der Waals surface area contributed by atoms with Crippen molar-refractivity contribution in [3.63, 3.8) is 0 Å². The number of nitrogens with zero attached hydrogens (tertiary/aromatic N) is 2. The maximum absolute atomic E-state index is 13.9. The van der Waals surface area contributed by atoms with E-state index in [2.05, 4.69) is 5.32 Å². The molecule has 1 aliphatic heterocycles. The molecule has 2 aromatic rings. The zero-order valence-electron chi connectivity index (χ0n) is 13.1. The first-order valence-electron chi connectivity index (χ1n) is 7.65. The van der Waals surface area contributed by atoms with Gasteiger partial charge in [0.15, 0.2) is 17.5 Å². The number of carbonyl (C=O) groups is 1. The molecule has 1 N–H and O–H groups in total. The Labute approximate surface area is 147 Å². The molecule has 1 saturated heterocycles. The van der Waals surface area contributed by atoms with Crippen LogP contribution in [0, 0.1) is 17.5 Å². The van der Waals surface area contributed by atoms with Crippen LogP contribution >= 0.6 is 11.6 Å². The van der Waals surface area contributed by atoms with Gasteiger partial charge in [-0.3, -0.25) is 0 Å². The lowest BCUT2D eigenvalue weighted by molar-refractivity contribution is 0.208. The Hall–Kier alpha value is -2.41. The van der Waals surface area contributed by atoms with Gasteiger partial charge in [0.25, 0.3) is 0 Å². The van der Waals surface area contributed by atoms with Gasteiger partial charge in [-0.1, -0.05) is 17.7 Å². The molecule has 0 saturated carbocycles. The van der Waals surface area contributed by atoms with E-state index in [0.29, 0.717) is 36.9 Å². The molecular weight excluding hydrogens is 355 g/mol. The summed E-state index contributed by atoms with van der Waals surface area (Å²) in [5, 5.41) is 3.25. The fourth-order valence-corrected chi connectivity index (χ4v) is 2.87. The average molecular weight is 370 g/mol. The third-order valence-electron chi connectivity index (χ3n) is 4.00. The fraction of sp³-hybridized carbons (Fsp3) is 0.235. The second-order valence-electron chi connectivity index (χ2n) is 5.61. The third kappa shape index (κ3) is 3.82. The van der Waals surface area contributed by atoms with E-state index in [-0.39, 0.29) is 11.7 Å². The van der Waals surface area contributed by atoms with E-state index >= 15 is 0 Å². The minimum Gasteiger partial charge on any atom is -0.366 e. The largest absolute Gasteiger partial charge is 0.366 e. The van der Waals surface area contributed by atoms with Gasteiger partial charge in [0, 0.05) is 36.9 Å². The van der Waals surface area contributed by atoms with Crippen LogP contribution in [-0.2, 0) is 0 Å². The van der Waals surface area contributed by atoms with Crippen molar-refractivity contribution in [2.24, 2.45) is 0 Å². The highest BCUT2D eigenvalue weighted by atomic mass is 35.5. The van der Waals surface area contributed by atoms with Crippen LogP contribution in [0.15, 0.2) is 36.4 Å². The number of hydrogen-bond donors (Lipinski definition) is 1. The molecule has 0 atom stereocenters. The minimum absolute atomic E-state index is 0.00574. The lowest BCUT2D eigenvalue weighted by atomic mass is 10.2. The summed E-state index contributed by atoms with van der Waals surface area (Å²) < 4.78 is 40.3. The summed E-state index contributed by atoms with van der Waals surface area (Å²) in [7, 11) is 0. The number of hydrogen-bond acceptors (Lipinski definition) is 2. The quantitative estimate of drug-likeness (QED) is 0.809. The number of halogens is 4. The van der Waals surface area contributed by atoms with E-state index < -0.39 is 17.5 Å². The molecule has 3 rings (SSSR count). The molecular formula is C17H15ClF3N3O. The molecule has 2 amide bonds. The summed E-state index contributed by atoms with van der Waals surface area (Å²) in [4.78, 5) is 15.4. The Morgan fingerprint density at radius 1 is 1.00 bits per heavy atom. The van der Waals surface area contributed by atoms with Crippen molar-refractivity contribution >= 4 is 29.0 Å². The maximum atomic E-state index is 13.9. The van der Waals surface area contributed by atoms with Gasteiger partial charge >= 0.3 is 6.03 Å². The summed E-state index contributed by atoms with van der Waals surface area (Å²) in [6.45, 7) is 1.27. The van der Waals surface area contributed by atoms with Crippen LogP contribution in [0.5, 0.6) is 0 Å². The molecule has 132 valence electrons. The van der Waals surface area contributed by atoms with Crippen LogP contribution in [0.4, 0.5) is 29.3 Å². The van der Waals surface area contributed by atoms with Gasteiger partial charge < -0.3 is 15.1 Å². The number of rotatable bonds is 2. The number of benzene rings is 2. The summed E-state index contributed by atoms with van der Waals surface area (Å²) in [5.74, 6) is -3.92. The van der Waals surface area contributed by atoms with Crippen molar-refractivity contribution < 1.29 is 18.0 Å². The minimum atomic E-state index is -1.49. The Balaban J connectivity index is 1.62. The van der Waals surface area contributed by atoms with Crippen LogP contribution in [0.1, 0.15) is 0 Å². The number of carbonyl (C=O) groups excluding carboxylic acids is 1. The molecule has 0 unspecified atom stereocenters. The number of piperazine rings is 1. The molecule has 8 heteroatoms. The smallest absolute Gasteiger partial charge is 0.321 e. The lowest BCUT2D eigenvalue weighted by Crippen LogP contribution is -2.50. The van der Waals surface area contributed by atoms with Gasteiger partial charge in [0.2, 0.25) is 0 Å². The van der Waals surface area contributed by atoms with Gasteiger partial charge in [-0.2, -0.15) is 0 Å². The number of nitrogens with one attached hydrogen (secondary N) is 1. The zero-order chi connectivity index (χ0) is 18.0. The Morgan fingerprint density at radius 2 is 1.72 bits per heavy atom. The average Bonchev–Trinajstić information content (AvgIpc) is 2.60. The highest BCUT2D eigenvalue weighted by molar-refractivity contribution is 6.30. The van der Waals surface area contributed by atoms with Crippen molar-refractivity contribution in [3.05, 3.63) is 58.9 Å². The lowest BCUT2D eigenvalue weighted by Gasteiger charge is -2.36. The molecule has 1 aliphatic rings. The van der Waals surface area contributed by atoms with E-state index in [1.807, 2.05) is 0 Å². The topological polar surface area (TPSA) is 35.6 Å². The number of anilines is 2. The van der Waals surface area contributed by atoms with E-state index in [1.165, 1.54) is 6.07 Å². The van der Waals surface area contributed by atoms with Crippen molar-refractivity contribution in [3.8, 4) is 0 Å². The van der Waals surface area contributed by atoms with Gasteiger partial charge in [0.05, 0.1) is 5.69 Å². The van der Waals surface area contributed by atoms with Gasteiger partial charge in [-0.05, 0) is 30.3 Å². The fourth-order valence-electron chi connectivity index (χ4n) is 2.68. The molecule has 1 fully saturated rings. The van der Waals surface area contributed by atoms with Crippen LogP contribution < -0.4 is 10.2 Å². The van der Waals surface area contributed by atoms with E-state index in [0.717, 1.165) is 6.07 Å². The Morgan fingerprint density at radius 3 is 2.40 bits per heavy atom. The first-order valence-corrected chi connectivity index (χ1v) is 8.03. The van der Waals surface area contributed by atoms with E-state index in [1.54, 1.807) is 34.1 Å². The molecule has 2 aromatic carbocycles. The van der Waals surface area contributed by atoms with Gasteiger partial charge in [-0.15, -0.1) is 0 Å². The van der Waals surface area contributed by atoms with Crippen molar-refractivity contribution in [1.29, 1.82) is 0 Å². The normalized spacial score (nSPS) is 14.6. The molecule has 4 nitrogen and oxygen atoms in total. The van der Waals surface area contributed by atoms with Crippen molar-refractivity contribution in [2.75, 3.05) is 36.4 Å². The highest BCUT2D eigenvalue weighted by Gasteiger charge is 2.25. The zero-order valence-corrected chi connectivity index (χ0v) is 13.9. The highest BCUT2D eigenvalue weighted by Crippen LogP contribution is 2.25. The van der Waals surface area contributed by atoms with Crippen LogP contribution in [-0.4, -0.2) is 37.1 Å². The summed E-state index contributed by atoms with van der Waals surface area (Å²) in [6, 6.07) is 8.58. The number of amides is 2. The van der Waals surface area contributed by atoms with E-state index in [4.69, 9.17) is 11.6 Å². The molecule has 0 aromatic heterocycles. The SMILES string of the molecule is O=C(Nc1cccc(Cl)c1)N1CCN(c2ccc(F)c(F)c2F)CC1. The first-order chi connectivity index (χ1) is 12.0. The monoisotopic (exact) mass is 369 g/mol. The molecule has 1 heterocycles. The molecule has 25 heavy (non-hydrogen) atoms. The molecule has 0 radical (unpaired) electrons. The Bertz CT molecular complexity index is 795. The summed E-state index contributed by atoms with van der Waals surface area (Å²) >= 11 is 5.88. The van der Waals surface area contributed by atoms with Crippen LogP contribution in [0.3, 0.4) is 0 Å². The molecule has 0 spiro atoms. The van der Waals surface area contributed by atoms with E-state index in [9.17, 15) is 18.0 Å². The van der Waals surface area contributed by atoms with Gasteiger partial charge in [0.1, 0.15) is 0 Å². The maximum Gasteiger partial charge on any atom is 0.321 e. The summed E-state index contributed by atoms with van der Waals surface area (Å²) in [6.07, 6.45) is 0. The van der Waals surface area contributed by atoms with Crippen molar-refractivity contribution in [2.45, 2.75) is 0 Å². The first kappa shape index (κ1) is 17.4. The molecule has 0 bridgehead atoms. The Kier molecular flexibility index (Phi) is 5.03. The number of urea groups is 1. The van der Waals surface area contributed by atoms with Gasteiger partial charge in [-0.25, -0.2) is 18.0 Å². The second-order valence-corrected chi connectivity index (χ2v) is 6.05.